The van der Waals surface area contributed by atoms with Crippen LogP contribution >= 0.6 is 15.9 Å². The summed E-state index contributed by atoms with van der Waals surface area (Å²) in [6.07, 6.45) is 1.97. The molecule has 118 valence electrons. The molecule has 1 amide bonds. The van der Waals surface area contributed by atoms with E-state index in [1.54, 1.807) is 0 Å². The first-order chi connectivity index (χ1) is 11.0. The van der Waals surface area contributed by atoms with E-state index < -0.39 is 0 Å². The van der Waals surface area contributed by atoms with Gasteiger partial charge in [0.2, 0.25) is 5.91 Å². The number of halogens is 1. The molecular formula is C19H19BrN2O. The molecule has 0 fully saturated rings. The highest BCUT2D eigenvalue weighted by Crippen LogP contribution is 2.23. The Kier molecular flexibility index (Phi) is 4.53. The van der Waals surface area contributed by atoms with Crippen LogP contribution in [0.15, 0.2) is 59.2 Å². The quantitative estimate of drug-likeness (QED) is 0.675. The minimum atomic E-state index is -0.0395. The highest BCUT2D eigenvalue weighted by Gasteiger charge is 2.09. The number of nitrogens with one attached hydrogen (secondary N) is 1. The molecule has 3 nitrogen and oxygen atoms in total. The molecule has 4 heteroatoms. The van der Waals surface area contributed by atoms with Gasteiger partial charge in [-0.3, -0.25) is 4.79 Å². The fourth-order valence-electron chi connectivity index (χ4n) is 2.62. The van der Waals surface area contributed by atoms with Crippen molar-refractivity contribution in [2.45, 2.75) is 26.3 Å². The first-order valence-electron chi connectivity index (χ1n) is 7.68. The largest absolute Gasteiger partial charge is 0.338 e. The maximum absolute atomic E-state index is 12.3. The number of hydrogen-bond acceptors (Lipinski definition) is 1. The van der Waals surface area contributed by atoms with E-state index in [9.17, 15) is 4.79 Å². The van der Waals surface area contributed by atoms with E-state index in [0.717, 1.165) is 15.7 Å². The summed E-state index contributed by atoms with van der Waals surface area (Å²) in [7, 11) is 0. The second kappa shape index (κ2) is 6.59. The molecule has 1 N–H and O–H groups in total. The van der Waals surface area contributed by atoms with Crippen LogP contribution in [0.25, 0.3) is 10.9 Å². The van der Waals surface area contributed by atoms with E-state index in [0.29, 0.717) is 12.5 Å². The van der Waals surface area contributed by atoms with Crippen molar-refractivity contribution in [2.75, 3.05) is 5.32 Å². The number of nitrogens with zero attached hydrogens (tertiary/aromatic N) is 1. The molecule has 0 spiro atoms. The summed E-state index contributed by atoms with van der Waals surface area (Å²) in [6.45, 7) is 4.67. The smallest absolute Gasteiger partial charge is 0.244 e. The highest BCUT2D eigenvalue weighted by molar-refractivity contribution is 9.10. The molecule has 0 atom stereocenters. The van der Waals surface area contributed by atoms with Gasteiger partial charge in [-0.1, -0.05) is 32.0 Å². The van der Waals surface area contributed by atoms with Crippen molar-refractivity contribution in [2.24, 2.45) is 0 Å². The summed E-state index contributed by atoms with van der Waals surface area (Å²) >= 11 is 3.44. The number of fused-ring (bicyclic) bond motifs is 1. The fraction of sp³-hybridized carbons (Fsp3) is 0.211. The van der Waals surface area contributed by atoms with Crippen LogP contribution in [0.4, 0.5) is 5.69 Å². The molecular weight excluding hydrogens is 352 g/mol. The molecule has 2 aromatic carbocycles. The average Bonchev–Trinajstić information content (AvgIpc) is 2.92. The zero-order valence-electron chi connectivity index (χ0n) is 13.2. The van der Waals surface area contributed by atoms with Crippen molar-refractivity contribution in [3.63, 3.8) is 0 Å². The van der Waals surface area contributed by atoms with Gasteiger partial charge in [0, 0.05) is 16.2 Å². The molecule has 3 rings (SSSR count). The van der Waals surface area contributed by atoms with Gasteiger partial charge in [0.1, 0.15) is 6.54 Å². The molecule has 0 saturated carbocycles. The van der Waals surface area contributed by atoms with Gasteiger partial charge < -0.3 is 9.88 Å². The molecule has 0 aliphatic rings. The van der Waals surface area contributed by atoms with Gasteiger partial charge in [0.25, 0.3) is 0 Å². The molecule has 0 radical (unpaired) electrons. The topological polar surface area (TPSA) is 34.0 Å². The van der Waals surface area contributed by atoms with Crippen molar-refractivity contribution in [1.29, 1.82) is 0 Å². The van der Waals surface area contributed by atoms with Crippen LogP contribution in [0.2, 0.25) is 0 Å². The normalized spacial score (nSPS) is 11.1. The minimum absolute atomic E-state index is 0.0395. The predicted molar refractivity (Wildman–Crippen MR) is 98.8 cm³/mol. The van der Waals surface area contributed by atoms with Gasteiger partial charge in [0.15, 0.2) is 0 Å². The van der Waals surface area contributed by atoms with E-state index in [4.69, 9.17) is 0 Å². The zero-order valence-corrected chi connectivity index (χ0v) is 14.8. The highest BCUT2D eigenvalue weighted by atomic mass is 79.9. The van der Waals surface area contributed by atoms with Crippen LogP contribution in [-0.4, -0.2) is 10.5 Å². The molecule has 3 aromatic rings. The van der Waals surface area contributed by atoms with Gasteiger partial charge in [-0.15, -0.1) is 0 Å². The third kappa shape index (κ3) is 3.48. The number of hydrogen-bond donors (Lipinski definition) is 1. The van der Waals surface area contributed by atoms with Gasteiger partial charge in [-0.2, -0.15) is 0 Å². The second-order valence-electron chi connectivity index (χ2n) is 5.94. The van der Waals surface area contributed by atoms with Crippen LogP contribution in [0, 0.1) is 0 Å². The predicted octanol–water partition coefficient (Wildman–Crippen LogP) is 5.17. The molecule has 0 bridgehead atoms. The lowest BCUT2D eigenvalue weighted by molar-refractivity contribution is -0.116. The van der Waals surface area contributed by atoms with Gasteiger partial charge in [-0.25, -0.2) is 0 Å². The van der Waals surface area contributed by atoms with Crippen LogP contribution < -0.4 is 5.32 Å². The lowest BCUT2D eigenvalue weighted by atomic mass is 10.0. The maximum atomic E-state index is 12.3. The Hall–Kier alpha value is -2.07. The van der Waals surface area contributed by atoms with Gasteiger partial charge in [0.05, 0.1) is 5.69 Å². The lowest BCUT2D eigenvalue weighted by Crippen LogP contribution is -2.18. The monoisotopic (exact) mass is 370 g/mol. The van der Waals surface area contributed by atoms with Crippen molar-refractivity contribution in [1.82, 2.24) is 4.57 Å². The summed E-state index contributed by atoms with van der Waals surface area (Å²) < 4.78 is 2.86. The Morgan fingerprint density at radius 3 is 2.70 bits per heavy atom. The Morgan fingerprint density at radius 2 is 1.96 bits per heavy atom. The van der Waals surface area contributed by atoms with E-state index in [2.05, 4.69) is 59.4 Å². The molecule has 0 aliphatic heterocycles. The SMILES string of the molecule is CC(C)c1ccc2c(ccn2CC(=O)Nc2ccccc2Br)c1. The fourth-order valence-corrected chi connectivity index (χ4v) is 3.01. The Morgan fingerprint density at radius 1 is 1.17 bits per heavy atom. The number of rotatable bonds is 4. The number of carbonyl (C=O) groups excluding carboxylic acids is 1. The molecule has 1 heterocycles. The number of benzene rings is 2. The molecule has 1 aromatic heterocycles. The molecule has 23 heavy (non-hydrogen) atoms. The van der Waals surface area contributed by atoms with Crippen molar-refractivity contribution >= 4 is 38.4 Å². The first kappa shape index (κ1) is 15.8. The summed E-state index contributed by atoms with van der Waals surface area (Å²) in [5.74, 6) is 0.462. The van der Waals surface area contributed by atoms with Crippen molar-refractivity contribution in [3.8, 4) is 0 Å². The number of anilines is 1. The number of para-hydroxylation sites is 1. The summed E-state index contributed by atoms with van der Waals surface area (Å²) in [5.41, 5.74) is 3.18. The molecule has 0 saturated heterocycles. The third-order valence-electron chi connectivity index (χ3n) is 3.92. The van der Waals surface area contributed by atoms with Crippen LogP contribution in [0.1, 0.15) is 25.3 Å². The summed E-state index contributed by atoms with van der Waals surface area (Å²) in [4.78, 5) is 12.3. The second-order valence-corrected chi connectivity index (χ2v) is 6.80. The first-order valence-corrected chi connectivity index (χ1v) is 8.47. The lowest BCUT2D eigenvalue weighted by Gasteiger charge is -2.10. The Balaban J connectivity index is 1.79. The van der Waals surface area contributed by atoms with Crippen LogP contribution in [0.3, 0.4) is 0 Å². The van der Waals surface area contributed by atoms with Gasteiger partial charge >= 0.3 is 0 Å². The zero-order chi connectivity index (χ0) is 16.4. The van der Waals surface area contributed by atoms with Crippen molar-refractivity contribution < 1.29 is 4.79 Å². The van der Waals surface area contributed by atoms with Crippen LogP contribution in [0.5, 0.6) is 0 Å². The number of carbonyl (C=O) groups is 1. The minimum Gasteiger partial charge on any atom is -0.338 e. The van der Waals surface area contributed by atoms with Crippen molar-refractivity contribution in [3.05, 3.63) is 64.8 Å². The van der Waals surface area contributed by atoms with E-state index in [1.165, 1.54) is 10.9 Å². The Bertz CT molecular complexity index is 851. The number of amides is 1. The van der Waals surface area contributed by atoms with Gasteiger partial charge in [-0.05, 0) is 63.1 Å². The standard InChI is InChI=1S/C19H19BrN2O/c1-13(2)14-7-8-18-15(11-14)9-10-22(18)12-19(23)21-17-6-4-3-5-16(17)20/h3-11,13H,12H2,1-2H3,(H,21,23). The average molecular weight is 371 g/mol. The van der Waals surface area contributed by atoms with E-state index >= 15 is 0 Å². The maximum Gasteiger partial charge on any atom is 0.244 e. The Labute approximate surface area is 144 Å². The number of aromatic nitrogens is 1. The van der Waals surface area contributed by atoms with Crippen LogP contribution in [-0.2, 0) is 11.3 Å². The van der Waals surface area contributed by atoms with E-state index in [-0.39, 0.29) is 5.91 Å². The summed E-state index contributed by atoms with van der Waals surface area (Å²) in [5, 5.41) is 4.11. The summed E-state index contributed by atoms with van der Waals surface area (Å²) in [6, 6.07) is 16.1. The third-order valence-corrected chi connectivity index (χ3v) is 4.62. The van der Waals surface area contributed by atoms with E-state index in [1.807, 2.05) is 35.0 Å². The molecule has 0 unspecified atom stereocenters. The molecule has 0 aliphatic carbocycles.